The van der Waals surface area contributed by atoms with Crippen LogP contribution in [-0.2, 0) is 23.2 Å². The lowest BCUT2D eigenvalue weighted by atomic mass is 10.2. The monoisotopic (exact) mass is 444 g/mol. The molecule has 0 saturated heterocycles. The van der Waals surface area contributed by atoms with Crippen LogP contribution in [0.25, 0.3) is 0 Å². The molecule has 3 N–H and O–H groups in total. The minimum absolute atomic E-state index is 0.0295. The van der Waals surface area contributed by atoms with Crippen molar-refractivity contribution < 1.29 is 27.1 Å². The zero-order valence-electron chi connectivity index (χ0n) is 16.5. The van der Waals surface area contributed by atoms with Gasteiger partial charge in [0.1, 0.15) is 18.6 Å². The molecule has 0 aliphatic carbocycles. The van der Waals surface area contributed by atoms with Crippen molar-refractivity contribution in [2.75, 3.05) is 7.11 Å². The van der Waals surface area contributed by atoms with Gasteiger partial charge in [0, 0.05) is 12.6 Å². The smallest absolute Gasteiger partial charge is 0.287 e. The van der Waals surface area contributed by atoms with Crippen molar-refractivity contribution in [1.82, 2.24) is 5.32 Å². The van der Waals surface area contributed by atoms with Crippen LogP contribution in [0.2, 0.25) is 0 Å². The standard InChI is InChI=1S/C21H20N2O7S/c1-28-16-4-2-3-15(9-16)12-29-20-13-30-19(10-18(20)24)21(25)23-11-14-5-7-17(8-6-14)31(22,26)27/h2-10,13H,11-12H2,1H3,(H,23,25)(H2,22,26,27). The molecule has 0 aliphatic heterocycles. The van der Waals surface area contributed by atoms with Gasteiger partial charge in [0.05, 0.1) is 12.0 Å². The topological polar surface area (TPSA) is 138 Å². The molecular weight excluding hydrogens is 424 g/mol. The first-order valence-electron chi connectivity index (χ1n) is 9.05. The molecule has 1 aromatic heterocycles. The summed E-state index contributed by atoms with van der Waals surface area (Å²) in [4.78, 5) is 24.4. The van der Waals surface area contributed by atoms with Crippen LogP contribution in [0.4, 0.5) is 0 Å². The van der Waals surface area contributed by atoms with Gasteiger partial charge >= 0.3 is 0 Å². The second kappa shape index (κ2) is 9.45. The maximum absolute atomic E-state index is 12.2. The van der Waals surface area contributed by atoms with E-state index in [4.69, 9.17) is 19.0 Å². The number of primary sulfonamides is 1. The molecule has 162 valence electrons. The van der Waals surface area contributed by atoms with E-state index in [9.17, 15) is 18.0 Å². The van der Waals surface area contributed by atoms with E-state index in [1.807, 2.05) is 6.07 Å². The molecule has 1 amide bonds. The summed E-state index contributed by atoms with van der Waals surface area (Å²) in [5.74, 6) is -0.149. The van der Waals surface area contributed by atoms with Gasteiger partial charge in [-0.05, 0) is 35.4 Å². The number of sulfonamides is 1. The first-order chi connectivity index (χ1) is 14.8. The average molecular weight is 444 g/mol. The fraction of sp³-hybridized carbons (Fsp3) is 0.143. The lowest BCUT2D eigenvalue weighted by molar-refractivity contribution is 0.0919. The summed E-state index contributed by atoms with van der Waals surface area (Å²) >= 11 is 0. The van der Waals surface area contributed by atoms with Crippen molar-refractivity contribution in [3.63, 3.8) is 0 Å². The summed E-state index contributed by atoms with van der Waals surface area (Å²) in [6.45, 7) is 0.226. The number of benzene rings is 2. The molecule has 0 unspecified atom stereocenters. The Bertz CT molecular complexity index is 1240. The van der Waals surface area contributed by atoms with Gasteiger partial charge in [-0.15, -0.1) is 0 Å². The first-order valence-corrected chi connectivity index (χ1v) is 10.6. The van der Waals surface area contributed by atoms with Gasteiger partial charge in [-0.2, -0.15) is 0 Å². The fourth-order valence-electron chi connectivity index (χ4n) is 2.61. The number of carbonyl (C=O) groups excluding carboxylic acids is 1. The SMILES string of the molecule is COc1cccc(COc2coc(C(=O)NCc3ccc(S(N)(=O)=O)cc3)cc2=O)c1. The minimum atomic E-state index is -3.78. The van der Waals surface area contributed by atoms with Gasteiger partial charge in [0.2, 0.25) is 21.2 Å². The van der Waals surface area contributed by atoms with Crippen LogP contribution in [0.5, 0.6) is 11.5 Å². The summed E-state index contributed by atoms with van der Waals surface area (Å²) in [6, 6.07) is 13.9. The van der Waals surface area contributed by atoms with Gasteiger partial charge < -0.3 is 19.2 Å². The number of methoxy groups -OCH3 is 1. The van der Waals surface area contributed by atoms with Crippen molar-refractivity contribution >= 4 is 15.9 Å². The molecule has 0 fully saturated rings. The number of nitrogens with two attached hydrogens (primary N) is 1. The van der Waals surface area contributed by atoms with Crippen LogP contribution in [0.15, 0.2) is 75.0 Å². The highest BCUT2D eigenvalue weighted by atomic mass is 32.2. The second-order valence-corrected chi connectivity index (χ2v) is 8.05. The summed E-state index contributed by atoms with van der Waals surface area (Å²) in [5, 5.41) is 7.63. The third kappa shape index (κ3) is 5.93. The molecule has 3 rings (SSSR count). The maximum atomic E-state index is 12.2. The van der Waals surface area contributed by atoms with E-state index >= 15 is 0 Å². The van der Waals surface area contributed by atoms with Crippen LogP contribution in [0, 0.1) is 0 Å². The summed E-state index contributed by atoms with van der Waals surface area (Å²) in [7, 11) is -2.23. The molecule has 0 atom stereocenters. The first kappa shape index (κ1) is 22.1. The molecule has 3 aromatic rings. The Labute approximate surface area is 178 Å². The Kier molecular flexibility index (Phi) is 6.73. The molecule has 0 radical (unpaired) electrons. The highest BCUT2D eigenvalue weighted by Gasteiger charge is 2.13. The van der Waals surface area contributed by atoms with E-state index in [-0.39, 0.29) is 29.6 Å². The Balaban J connectivity index is 1.59. The fourth-order valence-corrected chi connectivity index (χ4v) is 3.13. The van der Waals surface area contributed by atoms with Crippen molar-refractivity contribution in [3.8, 4) is 11.5 Å². The van der Waals surface area contributed by atoms with Gasteiger partial charge in [0.15, 0.2) is 5.76 Å². The van der Waals surface area contributed by atoms with Crippen molar-refractivity contribution in [2.45, 2.75) is 18.0 Å². The molecule has 1 heterocycles. The number of rotatable bonds is 8. The van der Waals surface area contributed by atoms with Crippen LogP contribution >= 0.6 is 0 Å². The van der Waals surface area contributed by atoms with Gasteiger partial charge in [0.25, 0.3) is 5.91 Å². The van der Waals surface area contributed by atoms with E-state index in [1.165, 1.54) is 24.3 Å². The number of nitrogens with one attached hydrogen (secondary N) is 1. The van der Waals surface area contributed by atoms with Gasteiger partial charge in [-0.3, -0.25) is 9.59 Å². The summed E-state index contributed by atoms with van der Waals surface area (Å²) < 4.78 is 38.4. The van der Waals surface area contributed by atoms with E-state index in [0.717, 1.165) is 17.9 Å². The number of amides is 1. The van der Waals surface area contributed by atoms with Crippen molar-refractivity contribution in [1.29, 1.82) is 0 Å². The van der Waals surface area contributed by atoms with Crippen molar-refractivity contribution in [3.05, 3.63) is 88.0 Å². The Morgan fingerprint density at radius 3 is 2.48 bits per heavy atom. The highest BCUT2D eigenvalue weighted by Crippen LogP contribution is 2.15. The highest BCUT2D eigenvalue weighted by molar-refractivity contribution is 7.89. The average Bonchev–Trinajstić information content (AvgIpc) is 2.76. The van der Waals surface area contributed by atoms with Gasteiger partial charge in [-0.1, -0.05) is 24.3 Å². The van der Waals surface area contributed by atoms with E-state index in [1.54, 1.807) is 25.3 Å². The normalized spacial score (nSPS) is 11.0. The van der Waals surface area contributed by atoms with Gasteiger partial charge in [-0.25, -0.2) is 13.6 Å². The van der Waals surface area contributed by atoms with E-state index in [0.29, 0.717) is 11.3 Å². The van der Waals surface area contributed by atoms with Crippen LogP contribution in [0.3, 0.4) is 0 Å². The predicted molar refractivity (Wildman–Crippen MR) is 111 cm³/mol. The Morgan fingerprint density at radius 2 is 1.84 bits per heavy atom. The molecule has 31 heavy (non-hydrogen) atoms. The lowest BCUT2D eigenvalue weighted by Gasteiger charge is -2.08. The molecule has 9 nitrogen and oxygen atoms in total. The number of hydrogen-bond donors (Lipinski definition) is 2. The Morgan fingerprint density at radius 1 is 1.10 bits per heavy atom. The third-order valence-electron chi connectivity index (χ3n) is 4.26. The largest absolute Gasteiger partial charge is 0.497 e. The minimum Gasteiger partial charge on any atom is -0.497 e. The zero-order valence-corrected chi connectivity index (χ0v) is 17.3. The van der Waals surface area contributed by atoms with Crippen LogP contribution < -0.4 is 25.4 Å². The van der Waals surface area contributed by atoms with E-state index in [2.05, 4.69) is 5.32 Å². The molecule has 2 aromatic carbocycles. The molecule has 0 bridgehead atoms. The van der Waals surface area contributed by atoms with Crippen molar-refractivity contribution in [2.24, 2.45) is 5.14 Å². The number of ether oxygens (including phenoxy) is 2. The number of carbonyl (C=O) groups is 1. The third-order valence-corrected chi connectivity index (χ3v) is 5.18. The summed E-state index contributed by atoms with van der Waals surface area (Å²) in [5.41, 5.74) is 0.937. The van der Waals surface area contributed by atoms with Crippen LogP contribution in [0.1, 0.15) is 21.7 Å². The predicted octanol–water partition coefficient (Wildman–Crippen LogP) is 1.80. The molecular formula is C21H20N2O7S. The molecule has 0 spiro atoms. The van der Waals surface area contributed by atoms with Crippen LogP contribution in [-0.4, -0.2) is 21.4 Å². The lowest BCUT2D eigenvalue weighted by Crippen LogP contribution is -2.24. The molecule has 0 aliphatic rings. The molecule has 0 saturated carbocycles. The summed E-state index contributed by atoms with van der Waals surface area (Å²) in [6.07, 6.45) is 1.08. The maximum Gasteiger partial charge on any atom is 0.287 e. The zero-order chi connectivity index (χ0) is 22.4. The molecule has 10 heteroatoms. The van der Waals surface area contributed by atoms with E-state index < -0.39 is 21.4 Å². The second-order valence-electron chi connectivity index (χ2n) is 6.48. The Hall–Kier alpha value is -3.63. The quantitative estimate of drug-likeness (QED) is 0.540. The number of hydrogen-bond acceptors (Lipinski definition) is 7.